The van der Waals surface area contributed by atoms with Gasteiger partial charge >= 0.3 is 5.97 Å². The van der Waals surface area contributed by atoms with Gasteiger partial charge < -0.3 is 9.84 Å². The van der Waals surface area contributed by atoms with Crippen molar-refractivity contribution in [3.05, 3.63) is 69.7 Å². The van der Waals surface area contributed by atoms with Crippen LogP contribution in [-0.2, 0) is 19.1 Å². The van der Waals surface area contributed by atoms with E-state index in [1.54, 1.807) is 48.5 Å². The minimum atomic E-state index is -1.27. The molecule has 2 aromatic rings. The fourth-order valence-corrected chi connectivity index (χ4v) is 4.06. The van der Waals surface area contributed by atoms with Crippen LogP contribution in [0.1, 0.15) is 42.5 Å². The summed E-state index contributed by atoms with van der Waals surface area (Å²) < 4.78 is 6.01. The molecule has 0 spiro atoms. The Balaban J connectivity index is 1.84. The van der Waals surface area contributed by atoms with Gasteiger partial charge in [0.2, 0.25) is 5.91 Å². The highest BCUT2D eigenvalue weighted by atomic mass is 35.5. The Hall–Kier alpha value is -2.41. The van der Waals surface area contributed by atoms with Gasteiger partial charge in [0, 0.05) is 16.0 Å². The monoisotopic (exact) mass is 447 g/mol. The molecule has 3 atom stereocenters. The lowest BCUT2D eigenvalue weighted by atomic mass is 9.90. The maximum atomic E-state index is 13.2. The summed E-state index contributed by atoms with van der Waals surface area (Å²) in [5.41, 5.74) is 1.32. The van der Waals surface area contributed by atoms with Gasteiger partial charge in [-0.2, -0.15) is 0 Å². The summed E-state index contributed by atoms with van der Waals surface area (Å²) in [6.07, 6.45) is -1.14. The van der Waals surface area contributed by atoms with E-state index in [1.807, 2.05) is 0 Å². The van der Waals surface area contributed by atoms with Crippen LogP contribution in [0.2, 0.25) is 10.0 Å². The lowest BCUT2D eigenvalue weighted by Gasteiger charge is -2.43. The maximum Gasteiger partial charge on any atom is 0.306 e. The fraction of sp³-hybridized carbons (Fsp3) is 0.318. The van der Waals surface area contributed by atoms with Crippen molar-refractivity contribution in [3.63, 3.8) is 0 Å². The molecule has 1 aliphatic carbocycles. The highest BCUT2D eigenvalue weighted by Crippen LogP contribution is 2.45. The summed E-state index contributed by atoms with van der Waals surface area (Å²) in [6, 6.07) is 13.0. The second kappa shape index (κ2) is 8.38. The number of carbonyl (C=O) groups excluding carboxylic acids is 2. The first kappa shape index (κ1) is 20.8. The molecule has 2 fully saturated rings. The number of hydrogen-bond donors (Lipinski definition) is 1. The Kier molecular flexibility index (Phi) is 5.82. The van der Waals surface area contributed by atoms with E-state index in [1.165, 1.54) is 4.90 Å². The number of amides is 2. The Morgan fingerprint density at radius 1 is 1.03 bits per heavy atom. The number of rotatable bonds is 5. The van der Waals surface area contributed by atoms with Crippen LogP contribution < -0.4 is 0 Å². The molecular formula is C22H19Cl2NO5. The number of imide groups is 1. The zero-order chi connectivity index (χ0) is 21.4. The highest BCUT2D eigenvalue weighted by Gasteiger charge is 2.50. The van der Waals surface area contributed by atoms with Gasteiger partial charge in [-0.25, -0.2) is 0 Å². The molecule has 2 amide bonds. The normalized spacial score (nSPS) is 24.0. The maximum absolute atomic E-state index is 13.2. The number of halogens is 2. The second-order valence-corrected chi connectivity index (χ2v) is 8.39. The summed E-state index contributed by atoms with van der Waals surface area (Å²) in [5, 5.41) is 10.3. The molecular weight excluding hydrogens is 429 g/mol. The van der Waals surface area contributed by atoms with Gasteiger partial charge in [-0.15, -0.1) is 0 Å². The second-order valence-electron chi connectivity index (χ2n) is 7.52. The summed E-state index contributed by atoms with van der Waals surface area (Å²) in [5.74, 6) is -2.34. The first-order valence-corrected chi connectivity index (χ1v) is 10.4. The SMILES string of the molecule is O=C(O)C[C@@H]1O[C@@H](c2cccc(Cl)c2)[C@@H](c2ccc(Cl)cc2)N(C(=O)C2CC2)C1=O. The first-order valence-electron chi connectivity index (χ1n) is 9.60. The Morgan fingerprint density at radius 2 is 1.73 bits per heavy atom. The number of carboxylic acids is 1. The summed E-state index contributed by atoms with van der Waals surface area (Å²) >= 11 is 12.2. The molecule has 0 radical (unpaired) electrons. The minimum Gasteiger partial charge on any atom is -0.481 e. The van der Waals surface area contributed by atoms with Crippen molar-refractivity contribution in [2.75, 3.05) is 0 Å². The van der Waals surface area contributed by atoms with Crippen molar-refractivity contribution in [2.24, 2.45) is 5.92 Å². The van der Waals surface area contributed by atoms with E-state index in [0.717, 1.165) is 0 Å². The summed E-state index contributed by atoms with van der Waals surface area (Å²) in [4.78, 5) is 38.9. The van der Waals surface area contributed by atoms with Crippen molar-refractivity contribution in [1.29, 1.82) is 0 Å². The third kappa shape index (κ3) is 4.21. The largest absolute Gasteiger partial charge is 0.481 e. The number of carbonyl (C=O) groups is 3. The molecule has 4 rings (SSSR count). The number of benzene rings is 2. The molecule has 0 unspecified atom stereocenters. The lowest BCUT2D eigenvalue weighted by Crippen LogP contribution is -2.54. The number of aliphatic carboxylic acids is 1. The van der Waals surface area contributed by atoms with Gasteiger partial charge in [-0.1, -0.05) is 47.5 Å². The van der Waals surface area contributed by atoms with Gasteiger partial charge in [-0.05, 0) is 48.2 Å². The Labute approximate surface area is 183 Å². The number of morpholine rings is 1. The zero-order valence-corrected chi connectivity index (χ0v) is 17.3. The predicted molar refractivity (Wildman–Crippen MR) is 110 cm³/mol. The van der Waals surface area contributed by atoms with Gasteiger partial charge in [-0.3, -0.25) is 19.3 Å². The molecule has 6 nitrogen and oxygen atoms in total. The fourth-order valence-electron chi connectivity index (χ4n) is 3.73. The molecule has 30 heavy (non-hydrogen) atoms. The van der Waals surface area contributed by atoms with E-state index < -0.39 is 36.5 Å². The van der Waals surface area contributed by atoms with Crippen LogP contribution in [0, 0.1) is 5.92 Å². The molecule has 1 aliphatic heterocycles. The standard InChI is InChI=1S/C22H19Cl2NO5/c23-15-8-6-12(7-9-15)19-20(14-2-1-3-16(24)10-14)30-17(11-18(26)27)22(29)25(19)21(28)13-4-5-13/h1-3,6-10,13,17,19-20H,4-5,11H2,(H,26,27)/t17-,19+,20-/m0/s1. The lowest BCUT2D eigenvalue weighted by molar-refractivity contribution is -0.184. The number of ether oxygens (including phenoxy) is 1. The van der Waals surface area contributed by atoms with Crippen molar-refractivity contribution >= 4 is 41.0 Å². The predicted octanol–water partition coefficient (Wildman–Crippen LogP) is 4.41. The summed E-state index contributed by atoms with van der Waals surface area (Å²) in [7, 11) is 0. The van der Waals surface area contributed by atoms with Gasteiger partial charge in [0.15, 0.2) is 0 Å². The van der Waals surface area contributed by atoms with E-state index >= 15 is 0 Å². The smallest absolute Gasteiger partial charge is 0.306 e. The van der Waals surface area contributed by atoms with Crippen molar-refractivity contribution in [2.45, 2.75) is 37.5 Å². The third-order valence-corrected chi connectivity index (χ3v) is 5.79. The van der Waals surface area contributed by atoms with Crippen LogP contribution in [0.25, 0.3) is 0 Å². The zero-order valence-electron chi connectivity index (χ0n) is 15.8. The third-order valence-electron chi connectivity index (χ3n) is 5.30. The van der Waals surface area contributed by atoms with Crippen molar-refractivity contribution in [3.8, 4) is 0 Å². The molecule has 2 aromatic carbocycles. The molecule has 1 saturated carbocycles. The average Bonchev–Trinajstić information content (AvgIpc) is 3.54. The molecule has 1 N–H and O–H groups in total. The average molecular weight is 448 g/mol. The van der Waals surface area contributed by atoms with Crippen molar-refractivity contribution < 1.29 is 24.2 Å². The molecule has 1 heterocycles. The molecule has 156 valence electrons. The minimum absolute atomic E-state index is 0.229. The number of hydrogen-bond acceptors (Lipinski definition) is 4. The van der Waals surface area contributed by atoms with E-state index in [9.17, 15) is 19.5 Å². The highest BCUT2D eigenvalue weighted by molar-refractivity contribution is 6.30. The van der Waals surface area contributed by atoms with Gasteiger partial charge in [0.05, 0.1) is 12.5 Å². The number of nitrogens with zero attached hydrogens (tertiary/aromatic N) is 1. The Morgan fingerprint density at radius 3 is 2.33 bits per heavy atom. The van der Waals surface area contributed by atoms with E-state index in [-0.39, 0.29) is 11.8 Å². The van der Waals surface area contributed by atoms with Crippen LogP contribution in [0.4, 0.5) is 0 Å². The van der Waals surface area contributed by atoms with Gasteiger partial charge in [0.25, 0.3) is 5.91 Å². The van der Waals surface area contributed by atoms with Crippen LogP contribution in [-0.4, -0.2) is 33.9 Å². The van der Waals surface area contributed by atoms with E-state index in [0.29, 0.717) is 34.0 Å². The summed E-state index contributed by atoms with van der Waals surface area (Å²) in [6.45, 7) is 0. The van der Waals surface area contributed by atoms with Crippen LogP contribution in [0.15, 0.2) is 48.5 Å². The number of carboxylic acid groups (broad SMARTS) is 1. The first-order chi connectivity index (χ1) is 14.3. The molecule has 1 saturated heterocycles. The quantitative estimate of drug-likeness (QED) is 0.685. The Bertz CT molecular complexity index is 989. The topological polar surface area (TPSA) is 83.9 Å². The van der Waals surface area contributed by atoms with Crippen LogP contribution in [0.3, 0.4) is 0 Å². The molecule has 2 aliphatic rings. The molecule has 8 heteroatoms. The van der Waals surface area contributed by atoms with Crippen molar-refractivity contribution in [1.82, 2.24) is 4.90 Å². The van der Waals surface area contributed by atoms with E-state index in [2.05, 4.69) is 0 Å². The van der Waals surface area contributed by atoms with Gasteiger partial charge in [0.1, 0.15) is 12.2 Å². The van der Waals surface area contributed by atoms with Crippen LogP contribution >= 0.6 is 23.2 Å². The molecule has 0 bridgehead atoms. The van der Waals surface area contributed by atoms with E-state index in [4.69, 9.17) is 27.9 Å². The van der Waals surface area contributed by atoms with Crippen LogP contribution in [0.5, 0.6) is 0 Å². The molecule has 0 aromatic heterocycles.